The summed E-state index contributed by atoms with van der Waals surface area (Å²) in [6.07, 6.45) is 3.25. The molecule has 34 heavy (non-hydrogen) atoms. The molecule has 1 heterocycles. The molecule has 0 unspecified atom stereocenters. The van der Waals surface area contributed by atoms with E-state index in [-0.39, 0.29) is 6.09 Å². The Morgan fingerprint density at radius 1 is 1.15 bits per heavy atom. The fraction of sp³-hybridized carbons (Fsp3) is 0.407. The molecule has 0 aromatic heterocycles. The van der Waals surface area contributed by atoms with Crippen molar-refractivity contribution in [3.05, 3.63) is 65.0 Å². The van der Waals surface area contributed by atoms with Gasteiger partial charge in [-0.3, -0.25) is 4.99 Å². The van der Waals surface area contributed by atoms with Crippen LogP contribution in [0, 0.1) is 12.5 Å². The number of hydrogen-bond acceptors (Lipinski definition) is 5. The van der Waals surface area contributed by atoms with Crippen molar-refractivity contribution in [1.82, 2.24) is 4.90 Å². The Labute approximate surface area is 201 Å². The van der Waals surface area contributed by atoms with Crippen LogP contribution < -0.4 is 0 Å². The van der Waals surface area contributed by atoms with Crippen molar-refractivity contribution in [2.75, 3.05) is 26.7 Å². The highest BCUT2D eigenvalue weighted by Crippen LogP contribution is 2.26. The van der Waals surface area contributed by atoms with E-state index in [1.54, 1.807) is 35.4 Å². The van der Waals surface area contributed by atoms with Crippen molar-refractivity contribution in [1.29, 1.82) is 0 Å². The number of ether oxygens (including phenoxy) is 2. The molecule has 2 aromatic carbocycles. The Kier molecular flexibility index (Phi) is 8.06. The Morgan fingerprint density at radius 2 is 1.88 bits per heavy atom. The number of esters is 1. The SMILES string of the molecule is [C-]#[N+]c1cccc(-c2cc(C=NCC3CCN(C(=O)OC(C)(C)C)CC3)cc(C(=O)OC)c2)c1. The molecule has 7 nitrogen and oxygen atoms in total. The summed E-state index contributed by atoms with van der Waals surface area (Å²) in [7, 11) is 1.35. The van der Waals surface area contributed by atoms with Gasteiger partial charge in [0.15, 0.2) is 5.69 Å². The predicted octanol–water partition coefficient (Wildman–Crippen LogP) is 5.76. The highest BCUT2D eigenvalue weighted by Gasteiger charge is 2.26. The van der Waals surface area contributed by atoms with E-state index in [4.69, 9.17) is 16.0 Å². The van der Waals surface area contributed by atoms with Gasteiger partial charge in [-0.25, -0.2) is 14.4 Å². The van der Waals surface area contributed by atoms with E-state index in [2.05, 4.69) is 9.84 Å². The molecule has 3 rings (SSSR count). The molecule has 0 atom stereocenters. The molecular weight excluding hydrogens is 430 g/mol. The second-order valence-electron chi connectivity index (χ2n) is 9.40. The van der Waals surface area contributed by atoms with E-state index in [1.165, 1.54) is 7.11 Å². The highest BCUT2D eigenvalue weighted by molar-refractivity contribution is 5.94. The van der Waals surface area contributed by atoms with Gasteiger partial charge in [0.1, 0.15) is 5.60 Å². The largest absolute Gasteiger partial charge is 0.465 e. The van der Waals surface area contributed by atoms with Crippen LogP contribution in [0.4, 0.5) is 10.5 Å². The number of carbonyl (C=O) groups excluding carboxylic acids is 2. The molecule has 2 aromatic rings. The van der Waals surface area contributed by atoms with Gasteiger partial charge in [-0.05, 0) is 80.5 Å². The Morgan fingerprint density at radius 3 is 2.53 bits per heavy atom. The second kappa shape index (κ2) is 11.0. The lowest BCUT2D eigenvalue weighted by atomic mass is 9.97. The van der Waals surface area contributed by atoms with Gasteiger partial charge in [0.2, 0.25) is 0 Å². The summed E-state index contributed by atoms with van der Waals surface area (Å²) in [6.45, 7) is 14.8. The van der Waals surface area contributed by atoms with Crippen LogP contribution in [-0.4, -0.2) is 55.5 Å². The monoisotopic (exact) mass is 461 g/mol. The Hall–Kier alpha value is -3.66. The number of amides is 1. The van der Waals surface area contributed by atoms with Crippen LogP contribution >= 0.6 is 0 Å². The minimum absolute atomic E-state index is 0.260. The first-order valence-corrected chi connectivity index (χ1v) is 11.4. The van der Waals surface area contributed by atoms with Crippen molar-refractivity contribution >= 4 is 24.0 Å². The van der Waals surface area contributed by atoms with Gasteiger partial charge in [0.05, 0.1) is 19.2 Å². The van der Waals surface area contributed by atoms with Crippen molar-refractivity contribution in [2.24, 2.45) is 10.9 Å². The normalized spacial score (nSPS) is 14.6. The standard InChI is InChI=1S/C27H31N3O4/c1-27(2,3)34-26(32)30-11-9-19(10-12-30)17-29-18-20-13-22(15-23(14-20)25(31)33-5)21-7-6-8-24(16-21)28-4/h6-8,13-16,18-19H,9-12,17H2,1-3,5H3. The van der Waals surface area contributed by atoms with E-state index in [9.17, 15) is 9.59 Å². The van der Waals surface area contributed by atoms with Gasteiger partial charge in [0, 0.05) is 25.8 Å². The number of piperidine rings is 1. The van der Waals surface area contributed by atoms with E-state index >= 15 is 0 Å². The lowest BCUT2D eigenvalue weighted by Gasteiger charge is -2.32. The summed E-state index contributed by atoms with van der Waals surface area (Å²) < 4.78 is 10.4. The molecule has 1 amide bonds. The molecule has 0 aliphatic carbocycles. The number of nitrogens with zero attached hydrogens (tertiary/aromatic N) is 3. The number of likely N-dealkylation sites (tertiary alicyclic amines) is 1. The van der Waals surface area contributed by atoms with E-state index in [1.807, 2.05) is 39.0 Å². The van der Waals surface area contributed by atoms with E-state index in [0.717, 1.165) is 29.5 Å². The minimum atomic E-state index is -0.493. The molecular formula is C27H31N3O4. The summed E-state index contributed by atoms with van der Waals surface area (Å²) in [5.74, 6) is -0.0408. The molecule has 0 saturated carbocycles. The van der Waals surface area contributed by atoms with Crippen molar-refractivity contribution in [3.8, 4) is 11.1 Å². The van der Waals surface area contributed by atoms with Crippen LogP contribution in [0.5, 0.6) is 0 Å². The smallest absolute Gasteiger partial charge is 0.410 e. The molecule has 7 heteroatoms. The van der Waals surface area contributed by atoms with Crippen LogP contribution in [0.25, 0.3) is 16.0 Å². The molecule has 178 valence electrons. The zero-order valence-electron chi connectivity index (χ0n) is 20.2. The maximum absolute atomic E-state index is 12.2. The number of carbonyl (C=O) groups is 2. The van der Waals surface area contributed by atoms with Gasteiger partial charge >= 0.3 is 12.1 Å². The number of methoxy groups -OCH3 is 1. The second-order valence-corrected chi connectivity index (χ2v) is 9.40. The molecule has 0 spiro atoms. The van der Waals surface area contributed by atoms with Gasteiger partial charge in [-0.1, -0.05) is 18.2 Å². The lowest BCUT2D eigenvalue weighted by Crippen LogP contribution is -2.42. The first-order chi connectivity index (χ1) is 16.2. The molecule has 1 saturated heterocycles. The van der Waals surface area contributed by atoms with Crippen molar-refractivity contribution < 1.29 is 19.1 Å². The third kappa shape index (κ3) is 6.92. The number of aliphatic imine (C=N–C) groups is 1. The fourth-order valence-corrected chi connectivity index (χ4v) is 3.82. The highest BCUT2D eigenvalue weighted by atomic mass is 16.6. The Bertz CT molecular complexity index is 1100. The maximum Gasteiger partial charge on any atom is 0.410 e. The average Bonchev–Trinajstić information content (AvgIpc) is 2.82. The van der Waals surface area contributed by atoms with E-state index < -0.39 is 11.6 Å². The average molecular weight is 462 g/mol. The maximum atomic E-state index is 12.2. The van der Waals surface area contributed by atoms with Gasteiger partial charge in [-0.2, -0.15) is 0 Å². The summed E-state index contributed by atoms with van der Waals surface area (Å²) >= 11 is 0. The zero-order valence-corrected chi connectivity index (χ0v) is 20.2. The number of rotatable bonds is 5. The first-order valence-electron chi connectivity index (χ1n) is 11.4. The third-order valence-corrected chi connectivity index (χ3v) is 5.56. The minimum Gasteiger partial charge on any atom is -0.465 e. The first kappa shape index (κ1) is 25.0. The molecule has 1 aliphatic rings. The molecule has 1 aliphatic heterocycles. The summed E-state index contributed by atoms with van der Waals surface area (Å²) in [6, 6.07) is 12.7. The van der Waals surface area contributed by atoms with E-state index in [0.29, 0.717) is 36.8 Å². The molecule has 0 N–H and O–H groups in total. The summed E-state index contributed by atoms with van der Waals surface area (Å²) in [5.41, 5.74) is 2.93. The van der Waals surface area contributed by atoms with Crippen LogP contribution in [0.15, 0.2) is 47.5 Å². The molecule has 0 bridgehead atoms. The summed E-state index contributed by atoms with van der Waals surface area (Å²) in [4.78, 5) is 34.3. The van der Waals surface area contributed by atoms with Gasteiger partial charge < -0.3 is 14.4 Å². The lowest BCUT2D eigenvalue weighted by molar-refractivity contribution is 0.0187. The van der Waals surface area contributed by atoms with Crippen LogP contribution in [0.3, 0.4) is 0 Å². The van der Waals surface area contributed by atoms with Gasteiger partial charge in [-0.15, -0.1) is 0 Å². The Balaban J connectivity index is 1.68. The molecule has 0 radical (unpaired) electrons. The number of benzene rings is 2. The van der Waals surface area contributed by atoms with Crippen LogP contribution in [0.2, 0.25) is 0 Å². The van der Waals surface area contributed by atoms with Crippen LogP contribution in [0.1, 0.15) is 49.5 Å². The van der Waals surface area contributed by atoms with Gasteiger partial charge in [0.25, 0.3) is 0 Å². The fourth-order valence-electron chi connectivity index (χ4n) is 3.82. The van der Waals surface area contributed by atoms with Crippen molar-refractivity contribution in [3.63, 3.8) is 0 Å². The predicted molar refractivity (Wildman–Crippen MR) is 132 cm³/mol. The molecule has 1 fully saturated rings. The number of hydrogen-bond donors (Lipinski definition) is 0. The third-order valence-electron chi connectivity index (χ3n) is 5.56. The zero-order chi connectivity index (χ0) is 24.7. The van der Waals surface area contributed by atoms with Crippen LogP contribution in [-0.2, 0) is 9.47 Å². The summed E-state index contributed by atoms with van der Waals surface area (Å²) in [5, 5.41) is 0. The van der Waals surface area contributed by atoms with Crippen molar-refractivity contribution in [2.45, 2.75) is 39.2 Å². The topological polar surface area (TPSA) is 72.6 Å². The quantitative estimate of drug-likeness (QED) is 0.323.